The topological polar surface area (TPSA) is 872 Å². The van der Waals surface area contributed by atoms with Crippen LogP contribution >= 0.6 is 0 Å². The first kappa shape index (κ1) is 89.9. The number of hydrogen-bond acceptors (Lipinski definition) is 53. The second-order valence-corrected chi connectivity index (χ2v) is 29.8. The normalized spacial score (nSPS) is 22.5. The summed E-state index contributed by atoms with van der Waals surface area (Å²) in [6.07, 6.45) is -29.0. The van der Waals surface area contributed by atoms with Crippen molar-refractivity contribution in [2.45, 2.75) is 78.9 Å². The van der Waals surface area contributed by atoms with E-state index in [1.54, 1.807) is 0 Å². The van der Waals surface area contributed by atoms with Gasteiger partial charge in [-0.05, 0) is 66.7 Å². The first-order valence-corrected chi connectivity index (χ1v) is 37.6. The fourth-order valence-electron chi connectivity index (χ4n) is 15.0. The van der Waals surface area contributed by atoms with Crippen molar-refractivity contribution < 1.29 is 262 Å². The molecule has 135 heavy (non-hydrogen) atoms. The maximum atomic E-state index is 15.9. The minimum Gasteiger partial charge on any atom is -0.504 e. The predicted molar refractivity (Wildman–Crippen MR) is 410 cm³/mol. The molecule has 7 aliphatic rings. The average molecular weight is 1890 g/mol. The van der Waals surface area contributed by atoms with E-state index >= 15 is 28.8 Å². The lowest BCUT2D eigenvalue weighted by Crippen LogP contribution is -2.66. The first-order valence-electron chi connectivity index (χ1n) is 37.6. The minimum atomic E-state index is -4.25. The van der Waals surface area contributed by atoms with Crippen molar-refractivity contribution >= 4 is 65.5 Å². The van der Waals surface area contributed by atoms with Crippen molar-refractivity contribution in [3.8, 4) is 178 Å². The lowest BCUT2D eigenvalue weighted by atomic mass is 9.74. The van der Waals surface area contributed by atoms with Gasteiger partial charge >= 0.3 is 59.7 Å². The molecule has 702 valence electrons. The standard InChI is InChI=1S/C82H56O53/c83-27-1-17(2-28(84)47(27)96)69(108)121-15-40-62(127-70(109)18-3-29(85)48(97)30(86)4-18)65(129-71(110)19-5-31(87)49(98)32(88)6-19)67-80(125-40)134-78(117)26-12-37(93)53(102)58(107)60(26)126-61-39(123-59-25(77(116)132-67)11-36(92)52(101)57(59)106)13-23-44(56(61)105)43-21(9-35(91)51(100)55(43)104)74(113)130-66-63-41(16-122-73(23)112)124-79(133-72(111)20-7-33(89)50(99)34(90)8-20)68(66)131-75(114)22-10-38(94)54(103)64-45(22)46-24(76(115)128-63)14-42(95)81(118,119)82(46,120)135-64/h1-14,40-41,46,62-63,65-68,79-80,83-94,96-107,118-120H,15-16H2/t40?,41?,46-,62?,63?,65?,66?,67?,68?,79?,80?,82+/m0/s1. The van der Waals surface area contributed by atoms with Crippen LogP contribution in [0.25, 0.3) is 11.1 Å². The van der Waals surface area contributed by atoms with Gasteiger partial charge in [0.25, 0.3) is 11.6 Å². The van der Waals surface area contributed by atoms with Crippen LogP contribution in [0.5, 0.6) is 167 Å². The molecule has 0 radical (unpaired) electrons. The summed E-state index contributed by atoms with van der Waals surface area (Å²) in [4.78, 5) is 165. The van der Waals surface area contributed by atoms with Crippen LogP contribution in [0.4, 0.5) is 0 Å². The maximum absolute atomic E-state index is 15.9. The second kappa shape index (κ2) is 32.3. The third kappa shape index (κ3) is 14.8. The Hall–Kier alpha value is -18.5. The van der Waals surface area contributed by atoms with E-state index in [4.69, 9.17) is 71.1 Å². The zero-order valence-electron chi connectivity index (χ0n) is 66.0. The Kier molecular flexibility index (Phi) is 21.5. The molecule has 0 spiro atoms. The van der Waals surface area contributed by atoms with E-state index in [2.05, 4.69) is 0 Å². The SMILES string of the molecule is O=C1OC2C3COC(=O)c4cc5c(c(O)c4-c4c(cc(O)c(O)c4O)C(=O)OC2C(OC(=O)c2cc(O)c(O)c4c2[C@@H]2C1=CC(=O)C(O)(O)[C@]2(O)O4)C(OC(=O)c1cc(O)c(O)c(O)c1)O3)Oc1c(cc(O)c(O)c1O)C(=O)OC1OC(COC(=O)c2cc(O)c(O)c(O)c2)C(OC(=O)c2cc(O)c(O)c(O)c2)C(OC(=O)c2cc(O)c(O)c(O)c2)C1OC(=O)c1cc(O)c(O)c(O)c1O5. The number of carbonyl (C=O) groups excluding carboxylic acids is 11. The Labute approximate surface area is 740 Å². The van der Waals surface area contributed by atoms with E-state index in [0.29, 0.717) is 54.6 Å². The second-order valence-electron chi connectivity index (χ2n) is 29.8. The van der Waals surface area contributed by atoms with Crippen LogP contribution in [0.2, 0.25) is 0 Å². The van der Waals surface area contributed by atoms with Gasteiger partial charge in [0.05, 0.1) is 50.4 Å². The molecule has 0 saturated carbocycles. The molecule has 53 nitrogen and oxygen atoms in total. The molecule has 4 bridgehead atoms. The molecule has 1 aliphatic carbocycles. The lowest BCUT2D eigenvalue weighted by Gasteiger charge is -2.44. The van der Waals surface area contributed by atoms with Crippen LogP contribution in [0.1, 0.15) is 105 Å². The zero-order chi connectivity index (χ0) is 97.9. The largest absolute Gasteiger partial charge is 0.504 e. The third-order valence-corrected chi connectivity index (χ3v) is 21.6. The molecule has 16 rings (SSSR count). The molecular weight excluding hydrogens is 1830 g/mol. The summed E-state index contributed by atoms with van der Waals surface area (Å²) < 4.78 is 86.8. The molecule has 2 fully saturated rings. The van der Waals surface area contributed by atoms with Gasteiger partial charge in [0.1, 0.15) is 36.5 Å². The predicted octanol–water partition coefficient (Wildman–Crippen LogP) is 1.38. The van der Waals surface area contributed by atoms with Gasteiger partial charge in [-0.2, -0.15) is 0 Å². The summed E-state index contributed by atoms with van der Waals surface area (Å²) in [5.74, 6) is -78.4. The molecule has 2 saturated heterocycles. The van der Waals surface area contributed by atoms with E-state index in [-0.39, 0.29) is 30.3 Å². The molecule has 9 aromatic rings. The highest BCUT2D eigenvalue weighted by Gasteiger charge is 2.71. The van der Waals surface area contributed by atoms with Crippen molar-refractivity contribution in [2.24, 2.45) is 0 Å². The molecule has 6 aliphatic heterocycles. The van der Waals surface area contributed by atoms with Gasteiger partial charge in [0, 0.05) is 34.9 Å². The van der Waals surface area contributed by atoms with Gasteiger partial charge in [-0.1, -0.05) is 0 Å². The number of ether oxygens (including phenoxy) is 15. The maximum Gasteiger partial charge on any atom is 0.344 e. The highest BCUT2D eigenvalue weighted by atomic mass is 16.8. The fourth-order valence-corrected chi connectivity index (χ4v) is 15.0. The van der Waals surface area contributed by atoms with Crippen molar-refractivity contribution in [1.29, 1.82) is 0 Å². The van der Waals surface area contributed by atoms with Gasteiger partial charge in [-0.25, -0.2) is 47.9 Å². The number of aromatic hydroxyl groups is 24. The third-order valence-electron chi connectivity index (χ3n) is 21.6. The number of aliphatic hydroxyl groups is 3. The Morgan fingerprint density at radius 2 is 0.748 bits per heavy atom. The molecule has 6 heterocycles. The molecule has 10 unspecified atom stereocenters. The number of benzene rings is 9. The molecule has 12 atom stereocenters. The number of esters is 10. The highest BCUT2D eigenvalue weighted by Crippen LogP contribution is 2.63. The summed E-state index contributed by atoms with van der Waals surface area (Å²) in [5.41, 5.74) is -17.4. The molecule has 0 aromatic heterocycles. The fraction of sp³-hybridized carbons (Fsp3) is 0.183. The minimum absolute atomic E-state index is 0.0550. The van der Waals surface area contributed by atoms with Crippen LogP contribution in [0.15, 0.2) is 90.5 Å². The van der Waals surface area contributed by atoms with Crippen molar-refractivity contribution in [3.05, 3.63) is 146 Å². The zero-order valence-corrected chi connectivity index (χ0v) is 66.0. The van der Waals surface area contributed by atoms with Crippen molar-refractivity contribution in [2.75, 3.05) is 13.2 Å². The highest BCUT2D eigenvalue weighted by molar-refractivity contribution is 6.11. The Bertz CT molecular complexity index is 6730. The molecule has 53 heteroatoms. The van der Waals surface area contributed by atoms with Gasteiger partial charge < -0.3 is 209 Å². The van der Waals surface area contributed by atoms with E-state index in [0.717, 1.165) is 0 Å². The van der Waals surface area contributed by atoms with E-state index in [1.807, 2.05) is 0 Å². The van der Waals surface area contributed by atoms with E-state index < -0.39 is 397 Å². The summed E-state index contributed by atoms with van der Waals surface area (Å²) in [6, 6.07) is 3.98. The van der Waals surface area contributed by atoms with Crippen LogP contribution in [0, 0.1) is 0 Å². The molecule has 9 aromatic carbocycles. The molecule has 0 amide bonds. The van der Waals surface area contributed by atoms with Gasteiger partial charge in [0.15, 0.2) is 151 Å². The Morgan fingerprint density at radius 1 is 0.348 bits per heavy atom. The van der Waals surface area contributed by atoms with E-state index in [1.165, 1.54) is 0 Å². The number of cyclic esters (lactones) is 1. The summed E-state index contributed by atoms with van der Waals surface area (Å²) in [5, 5.41) is 300. The van der Waals surface area contributed by atoms with Crippen LogP contribution in [0.3, 0.4) is 0 Å². The van der Waals surface area contributed by atoms with Crippen LogP contribution in [-0.2, 0) is 66.4 Å². The lowest BCUT2D eigenvalue weighted by molar-refractivity contribution is -0.323. The number of hydrogen-bond donors (Lipinski definition) is 27. The van der Waals surface area contributed by atoms with Crippen LogP contribution in [-0.4, -0.2) is 290 Å². The number of fused-ring (bicyclic) bond motifs is 7. The van der Waals surface area contributed by atoms with Gasteiger partial charge in [0.2, 0.25) is 70.8 Å². The number of ketones is 1. The summed E-state index contributed by atoms with van der Waals surface area (Å²) in [6.45, 7) is -3.36. The number of rotatable bonds is 9. The van der Waals surface area contributed by atoms with E-state index in [9.17, 15) is 162 Å². The Balaban J connectivity index is 0.894. The quantitative estimate of drug-likeness (QED) is 0.0420. The monoisotopic (exact) mass is 1890 g/mol. The Morgan fingerprint density at radius 3 is 1.27 bits per heavy atom. The summed E-state index contributed by atoms with van der Waals surface area (Å²) >= 11 is 0. The number of phenolic OH excluding ortho intramolecular Hbond substituents is 24. The molecule has 27 N–H and O–H groups in total. The molecular formula is C82H56O53. The summed E-state index contributed by atoms with van der Waals surface area (Å²) in [7, 11) is 0. The smallest absolute Gasteiger partial charge is 0.344 e. The van der Waals surface area contributed by atoms with Crippen molar-refractivity contribution in [1.82, 2.24) is 0 Å². The number of carbonyl (C=O) groups is 11. The van der Waals surface area contributed by atoms with Gasteiger partial charge in [-0.3, -0.25) is 4.79 Å². The first-order chi connectivity index (χ1) is 63.5. The van der Waals surface area contributed by atoms with Crippen LogP contribution < -0.4 is 14.2 Å². The van der Waals surface area contributed by atoms with Gasteiger partial charge in [-0.15, -0.1) is 0 Å². The van der Waals surface area contributed by atoms with Crippen molar-refractivity contribution in [3.63, 3.8) is 0 Å². The average Bonchev–Trinajstić information content (AvgIpc) is 1.53. The number of phenols is 24.